The van der Waals surface area contributed by atoms with Crippen LogP contribution in [0.3, 0.4) is 0 Å². The quantitative estimate of drug-likeness (QED) is 0.889. The molecule has 0 radical (unpaired) electrons. The third-order valence-electron chi connectivity index (χ3n) is 2.32. The van der Waals surface area contributed by atoms with E-state index in [1.807, 2.05) is 24.3 Å². The van der Waals surface area contributed by atoms with E-state index in [2.05, 4.69) is 0 Å². The van der Waals surface area contributed by atoms with E-state index in [1.54, 1.807) is 18.4 Å². The third kappa shape index (κ3) is 3.80. The topological polar surface area (TPSA) is 48.4 Å². The van der Waals surface area contributed by atoms with Gasteiger partial charge in [-0.05, 0) is 36.4 Å². The van der Waals surface area contributed by atoms with Crippen LogP contribution in [-0.2, 0) is 6.42 Å². The predicted octanol–water partition coefficient (Wildman–Crippen LogP) is 2.88. The van der Waals surface area contributed by atoms with Crippen molar-refractivity contribution in [2.45, 2.75) is 12.5 Å². The molecular weight excluding hydrogens is 238 g/mol. The van der Waals surface area contributed by atoms with Crippen molar-refractivity contribution < 1.29 is 9.15 Å². The largest absolute Gasteiger partial charge is 0.492 e. The maximum absolute atomic E-state index is 5.93. The van der Waals surface area contributed by atoms with Crippen LogP contribution in [0.15, 0.2) is 47.1 Å². The number of halogens is 1. The van der Waals surface area contributed by atoms with Crippen LogP contribution in [0.25, 0.3) is 0 Å². The minimum Gasteiger partial charge on any atom is -0.492 e. The lowest BCUT2D eigenvalue weighted by molar-refractivity contribution is 0.282. The van der Waals surface area contributed by atoms with Crippen molar-refractivity contribution in [2.24, 2.45) is 5.73 Å². The molecule has 1 aromatic heterocycles. The maximum Gasteiger partial charge on any atom is 0.119 e. The molecule has 0 aliphatic carbocycles. The van der Waals surface area contributed by atoms with E-state index in [4.69, 9.17) is 26.5 Å². The molecule has 0 fully saturated rings. The molecule has 3 nitrogen and oxygen atoms in total. The second-order valence-corrected chi connectivity index (χ2v) is 4.24. The van der Waals surface area contributed by atoms with Crippen LogP contribution in [-0.4, -0.2) is 12.6 Å². The fourth-order valence-electron chi connectivity index (χ4n) is 1.48. The van der Waals surface area contributed by atoms with Crippen LogP contribution in [0.4, 0.5) is 0 Å². The van der Waals surface area contributed by atoms with Crippen LogP contribution in [0.1, 0.15) is 5.76 Å². The lowest BCUT2D eigenvalue weighted by atomic mass is 10.2. The molecule has 2 N–H and O–H groups in total. The summed E-state index contributed by atoms with van der Waals surface area (Å²) in [6, 6.07) is 10.9. The van der Waals surface area contributed by atoms with E-state index in [1.165, 1.54) is 0 Å². The van der Waals surface area contributed by atoms with E-state index in [-0.39, 0.29) is 6.04 Å². The first-order valence-electron chi connectivity index (χ1n) is 5.40. The van der Waals surface area contributed by atoms with Gasteiger partial charge < -0.3 is 14.9 Å². The molecule has 0 saturated heterocycles. The maximum atomic E-state index is 5.93. The fourth-order valence-corrected chi connectivity index (χ4v) is 1.61. The first kappa shape index (κ1) is 12.0. The smallest absolute Gasteiger partial charge is 0.119 e. The Morgan fingerprint density at radius 1 is 1.24 bits per heavy atom. The van der Waals surface area contributed by atoms with Crippen molar-refractivity contribution in [3.63, 3.8) is 0 Å². The van der Waals surface area contributed by atoms with Gasteiger partial charge in [0, 0.05) is 17.5 Å². The monoisotopic (exact) mass is 251 g/mol. The number of nitrogens with two attached hydrogens (primary N) is 1. The van der Waals surface area contributed by atoms with E-state index in [0.29, 0.717) is 18.1 Å². The Balaban J connectivity index is 1.79. The molecule has 2 rings (SSSR count). The molecular formula is C13H14ClNO2. The van der Waals surface area contributed by atoms with Gasteiger partial charge in [-0.1, -0.05) is 11.6 Å². The van der Waals surface area contributed by atoms with E-state index in [0.717, 1.165) is 11.5 Å². The minimum atomic E-state index is -0.0863. The number of furan rings is 1. The first-order chi connectivity index (χ1) is 8.24. The molecule has 0 bridgehead atoms. The van der Waals surface area contributed by atoms with Crippen LogP contribution in [0, 0.1) is 0 Å². The highest BCUT2D eigenvalue weighted by Crippen LogP contribution is 2.15. The fraction of sp³-hybridized carbons (Fsp3) is 0.231. The van der Waals surface area contributed by atoms with Crippen molar-refractivity contribution in [3.8, 4) is 5.75 Å². The van der Waals surface area contributed by atoms with Crippen LogP contribution in [0.2, 0.25) is 5.02 Å². The lowest BCUT2D eigenvalue weighted by Crippen LogP contribution is -2.29. The Hall–Kier alpha value is -1.45. The zero-order valence-electron chi connectivity index (χ0n) is 9.30. The van der Waals surface area contributed by atoms with Gasteiger partial charge in [0.15, 0.2) is 0 Å². The summed E-state index contributed by atoms with van der Waals surface area (Å²) >= 11 is 5.78. The molecule has 1 unspecified atom stereocenters. The van der Waals surface area contributed by atoms with Gasteiger partial charge in [0.2, 0.25) is 0 Å². The van der Waals surface area contributed by atoms with Gasteiger partial charge >= 0.3 is 0 Å². The number of rotatable bonds is 5. The Kier molecular flexibility index (Phi) is 4.07. The highest BCUT2D eigenvalue weighted by atomic mass is 35.5. The molecule has 17 heavy (non-hydrogen) atoms. The third-order valence-corrected chi connectivity index (χ3v) is 2.57. The summed E-state index contributed by atoms with van der Waals surface area (Å²) in [5, 5.41) is 0.692. The molecule has 0 aliphatic rings. The molecule has 1 aromatic carbocycles. The molecule has 4 heteroatoms. The summed E-state index contributed by atoms with van der Waals surface area (Å²) in [4.78, 5) is 0. The number of benzene rings is 1. The van der Waals surface area contributed by atoms with Gasteiger partial charge in [-0.3, -0.25) is 0 Å². The Labute approximate surface area is 105 Å². The van der Waals surface area contributed by atoms with Crippen molar-refractivity contribution in [1.82, 2.24) is 0 Å². The van der Waals surface area contributed by atoms with Crippen molar-refractivity contribution >= 4 is 11.6 Å². The zero-order valence-corrected chi connectivity index (χ0v) is 10.1. The summed E-state index contributed by atoms with van der Waals surface area (Å²) in [5.74, 6) is 1.64. The van der Waals surface area contributed by atoms with E-state index < -0.39 is 0 Å². The van der Waals surface area contributed by atoms with Gasteiger partial charge in [0.05, 0.1) is 6.26 Å². The van der Waals surface area contributed by atoms with Crippen LogP contribution in [0.5, 0.6) is 5.75 Å². The molecule has 90 valence electrons. The van der Waals surface area contributed by atoms with Gasteiger partial charge in [0.1, 0.15) is 18.1 Å². The second-order valence-electron chi connectivity index (χ2n) is 3.81. The second kappa shape index (κ2) is 5.75. The Morgan fingerprint density at radius 2 is 2.00 bits per heavy atom. The van der Waals surface area contributed by atoms with Crippen molar-refractivity contribution in [3.05, 3.63) is 53.4 Å². The SMILES string of the molecule is NC(COc1ccc(Cl)cc1)Cc1ccco1. The standard InChI is InChI=1S/C13H14ClNO2/c14-10-3-5-12(6-4-10)17-9-11(15)8-13-2-1-7-16-13/h1-7,11H,8-9,15H2. The predicted molar refractivity (Wildman–Crippen MR) is 67.3 cm³/mol. The zero-order chi connectivity index (χ0) is 12.1. The summed E-state index contributed by atoms with van der Waals surface area (Å²) in [6.45, 7) is 0.447. The molecule has 0 amide bonds. The summed E-state index contributed by atoms with van der Waals surface area (Å²) in [6.07, 6.45) is 2.31. The molecule has 1 heterocycles. The van der Waals surface area contributed by atoms with Crippen molar-refractivity contribution in [1.29, 1.82) is 0 Å². The van der Waals surface area contributed by atoms with Crippen molar-refractivity contribution in [2.75, 3.05) is 6.61 Å². The number of hydrogen-bond donors (Lipinski definition) is 1. The highest BCUT2D eigenvalue weighted by Gasteiger charge is 2.07. The average Bonchev–Trinajstić information content (AvgIpc) is 2.81. The molecule has 2 aromatic rings. The Bertz CT molecular complexity index is 439. The molecule has 0 aliphatic heterocycles. The minimum absolute atomic E-state index is 0.0863. The van der Waals surface area contributed by atoms with Gasteiger partial charge in [-0.15, -0.1) is 0 Å². The first-order valence-corrected chi connectivity index (χ1v) is 5.78. The summed E-state index contributed by atoms with van der Waals surface area (Å²) in [5.41, 5.74) is 5.93. The average molecular weight is 252 g/mol. The normalized spacial score (nSPS) is 12.4. The van der Waals surface area contributed by atoms with Crippen LogP contribution >= 0.6 is 11.6 Å². The molecule has 1 atom stereocenters. The Morgan fingerprint density at radius 3 is 2.65 bits per heavy atom. The summed E-state index contributed by atoms with van der Waals surface area (Å²) in [7, 11) is 0. The highest BCUT2D eigenvalue weighted by molar-refractivity contribution is 6.30. The van der Waals surface area contributed by atoms with Gasteiger partial charge in [-0.2, -0.15) is 0 Å². The van der Waals surface area contributed by atoms with E-state index >= 15 is 0 Å². The van der Waals surface area contributed by atoms with Gasteiger partial charge in [0.25, 0.3) is 0 Å². The van der Waals surface area contributed by atoms with Crippen LogP contribution < -0.4 is 10.5 Å². The molecule has 0 spiro atoms. The lowest BCUT2D eigenvalue weighted by Gasteiger charge is -2.11. The van der Waals surface area contributed by atoms with Gasteiger partial charge in [-0.25, -0.2) is 0 Å². The molecule has 0 saturated carbocycles. The number of ether oxygens (including phenoxy) is 1. The summed E-state index contributed by atoms with van der Waals surface area (Å²) < 4.78 is 10.8. The van der Waals surface area contributed by atoms with E-state index in [9.17, 15) is 0 Å². The number of hydrogen-bond acceptors (Lipinski definition) is 3.